The molecule has 0 saturated heterocycles. The van der Waals surface area contributed by atoms with E-state index in [1.807, 2.05) is 12.1 Å². The van der Waals surface area contributed by atoms with Crippen LogP contribution in [0.1, 0.15) is 31.2 Å². The van der Waals surface area contributed by atoms with Crippen molar-refractivity contribution < 1.29 is 0 Å². The van der Waals surface area contributed by atoms with Gasteiger partial charge >= 0.3 is 0 Å². The molecule has 0 amide bonds. The minimum atomic E-state index is 0.00131. The highest BCUT2D eigenvalue weighted by atomic mass is 35.5. The zero-order chi connectivity index (χ0) is 10.7. The highest BCUT2D eigenvalue weighted by molar-refractivity contribution is 6.42. The molecule has 3 heteroatoms. The Hall–Kier alpha value is -0.240. The van der Waals surface area contributed by atoms with Crippen molar-refractivity contribution in [2.75, 3.05) is 0 Å². The van der Waals surface area contributed by atoms with Crippen molar-refractivity contribution in [3.05, 3.63) is 33.8 Å². The van der Waals surface area contributed by atoms with Crippen LogP contribution in [0, 0.1) is 0 Å². The lowest BCUT2D eigenvalue weighted by molar-refractivity contribution is 0.503. The van der Waals surface area contributed by atoms with Crippen molar-refractivity contribution >= 4 is 23.2 Å². The molecule has 0 aliphatic heterocycles. The van der Waals surface area contributed by atoms with Crippen LogP contribution in [-0.4, -0.2) is 5.54 Å². The van der Waals surface area contributed by atoms with Gasteiger partial charge < -0.3 is 5.73 Å². The summed E-state index contributed by atoms with van der Waals surface area (Å²) in [5, 5.41) is 1.35. The van der Waals surface area contributed by atoms with E-state index in [4.69, 9.17) is 28.9 Å². The van der Waals surface area contributed by atoms with Crippen molar-refractivity contribution in [2.24, 2.45) is 5.73 Å². The Morgan fingerprint density at radius 2 is 1.73 bits per heavy atom. The van der Waals surface area contributed by atoms with Crippen molar-refractivity contribution in [3.8, 4) is 0 Å². The molecule has 1 aromatic carbocycles. The van der Waals surface area contributed by atoms with Gasteiger partial charge in [-0.1, -0.05) is 35.3 Å². The third-order valence-corrected chi connectivity index (χ3v) is 4.78. The van der Waals surface area contributed by atoms with Gasteiger partial charge in [0.25, 0.3) is 0 Å². The van der Waals surface area contributed by atoms with Crippen molar-refractivity contribution in [3.63, 3.8) is 0 Å². The van der Waals surface area contributed by atoms with Gasteiger partial charge in [0.1, 0.15) is 0 Å². The van der Waals surface area contributed by atoms with E-state index in [9.17, 15) is 0 Å². The van der Waals surface area contributed by atoms with E-state index in [2.05, 4.69) is 6.07 Å². The minimum Gasteiger partial charge on any atom is -0.324 e. The van der Waals surface area contributed by atoms with Gasteiger partial charge in [0.05, 0.1) is 10.0 Å². The summed E-state index contributed by atoms with van der Waals surface area (Å²) in [6, 6.07) is 5.88. The number of nitrogens with two attached hydrogens (primary N) is 1. The van der Waals surface area contributed by atoms with Crippen LogP contribution in [0.2, 0.25) is 10.0 Å². The Morgan fingerprint density at radius 1 is 1.07 bits per heavy atom. The molecule has 0 aromatic heterocycles. The smallest absolute Gasteiger partial charge is 0.0630 e. The quantitative estimate of drug-likeness (QED) is 0.843. The fraction of sp³-hybridized carbons (Fsp3) is 0.500. The molecular weight excluding hydrogens is 229 g/mol. The first kappa shape index (κ1) is 9.95. The third-order valence-electron chi connectivity index (χ3n) is 3.96. The molecule has 1 aromatic rings. The van der Waals surface area contributed by atoms with E-state index >= 15 is 0 Å². The van der Waals surface area contributed by atoms with E-state index in [0.717, 1.165) is 31.2 Å². The maximum absolute atomic E-state index is 6.34. The predicted molar refractivity (Wildman–Crippen MR) is 63.5 cm³/mol. The molecule has 0 radical (unpaired) electrons. The highest BCUT2D eigenvalue weighted by Crippen LogP contribution is 2.64. The molecule has 0 unspecified atom stereocenters. The Labute approximate surface area is 99.6 Å². The van der Waals surface area contributed by atoms with Crippen LogP contribution < -0.4 is 5.73 Å². The van der Waals surface area contributed by atoms with Crippen LogP contribution in [0.5, 0.6) is 0 Å². The van der Waals surface area contributed by atoms with Gasteiger partial charge in [-0.15, -0.1) is 0 Å². The Balaban J connectivity index is 2.10. The molecule has 80 valence electrons. The molecular formula is C12H13Cl2N. The van der Waals surface area contributed by atoms with Crippen LogP contribution >= 0.6 is 23.2 Å². The Bertz CT molecular complexity index is 420. The number of halogens is 2. The van der Waals surface area contributed by atoms with Gasteiger partial charge in [0.2, 0.25) is 0 Å². The largest absolute Gasteiger partial charge is 0.324 e. The number of hydrogen-bond donors (Lipinski definition) is 1. The molecule has 2 fully saturated rings. The first-order chi connectivity index (χ1) is 7.09. The Morgan fingerprint density at radius 3 is 2.27 bits per heavy atom. The molecule has 3 rings (SSSR count). The first-order valence-electron chi connectivity index (χ1n) is 5.32. The van der Waals surface area contributed by atoms with Crippen LogP contribution in [0.25, 0.3) is 0 Å². The SMILES string of the molecule is NC1(C2(c3cccc(Cl)c3Cl)CC2)CC1. The summed E-state index contributed by atoms with van der Waals surface area (Å²) in [4.78, 5) is 0. The van der Waals surface area contributed by atoms with Gasteiger partial charge in [-0.25, -0.2) is 0 Å². The minimum absolute atomic E-state index is 0.00131. The normalized spacial score (nSPS) is 25.0. The maximum Gasteiger partial charge on any atom is 0.0630 e. The van der Waals surface area contributed by atoms with Crippen LogP contribution in [-0.2, 0) is 5.41 Å². The highest BCUT2D eigenvalue weighted by Gasteiger charge is 2.64. The molecule has 2 aliphatic rings. The van der Waals surface area contributed by atoms with E-state index in [-0.39, 0.29) is 11.0 Å². The second kappa shape index (κ2) is 2.91. The third kappa shape index (κ3) is 1.27. The van der Waals surface area contributed by atoms with Crippen molar-refractivity contribution in [1.29, 1.82) is 0 Å². The standard InChI is InChI=1S/C12H13Cl2N/c13-9-3-1-2-8(10(9)14)11(4-5-11)12(15)6-7-12/h1-3H,4-7,15H2. The summed E-state index contributed by atoms with van der Waals surface area (Å²) in [6.07, 6.45) is 4.55. The second-order valence-electron chi connectivity index (χ2n) is 4.84. The molecule has 2 N–H and O–H groups in total. The predicted octanol–water partition coefficient (Wildman–Crippen LogP) is 3.52. The molecule has 0 heterocycles. The summed E-state index contributed by atoms with van der Waals surface area (Å²) < 4.78 is 0. The molecule has 1 nitrogen and oxygen atoms in total. The van der Waals surface area contributed by atoms with Crippen LogP contribution in [0.15, 0.2) is 18.2 Å². The second-order valence-corrected chi connectivity index (χ2v) is 5.62. The average molecular weight is 242 g/mol. The fourth-order valence-corrected chi connectivity index (χ4v) is 3.13. The van der Waals surface area contributed by atoms with E-state index in [1.165, 1.54) is 0 Å². The van der Waals surface area contributed by atoms with E-state index in [1.54, 1.807) is 0 Å². The molecule has 0 spiro atoms. The zero-order valence-corrected chi connectivity index (χ0v) is 9.91. The summed E-state index contributed by atoms with van der Waals surface area (Å²) in [5.74, 6) is 0. The maximum atomic E-state index is 6.34. The first-order valence-corrected chi connectivity index (χ1v) is 6.08. The zero-order valence-electron chi connectivity index (χ0n) is 8.39. The van der Waals surface area contributed by atoms with Crippen LogP contribution in [0.3, 0.4) is 0 Å². The number of hydrogen-bond acceptors (Lipinski definition) is 1. The number of rotatable bonds is 2. The summed E-state index contributed by atoms with van der Waals surface area (Å²) >= 11 is 12.3. The lowest BCUT2D eigenvalue weighted by atomic mass is 9.86. The van der Waals surface area contributed by atoms with Crippen molar-refractivity contribution in [1.82, 2.24) is 0 Å². The lowest BCUT2D eigenvalue weighted by Crippen LogP contribution is -2.37. The van der Waals surface area contributed by atoms with Gasteiger partial charge in [-0.3, -0.25) is 0 Å². The molecule has 2 saturated carbocycles. The molecule has 0 atom stereocenters. The lowest BCUT2D eigenvalue weighted by Gasteiger charge is -2.24. The van der Waals surface area contributed by atoms with Gasteiger partial charge in [0, 0.05) is 11.0 Å². The Kier molecular flexibility index (Phi) is 1.93. The number of benzene rings is 1. The van der Waals surface area contributed by atoms with Gasteiger partial charge in [-0.2, -0.15) is 0 Å². The van der Waals surface area contributed by atoms with E-state index < -0.39 is 0 Å². The van der Waals surface area contributed by atoms with Gasteiger partial charge in [-0.05, 0) is 37.3 Å². The topological polar surface area (TPSA) is 26.0 Å². The van der Waals surface area contributed by atoms with E-state index in [0.29, 0.717) is 10.0 Å². The summed E-state index contributed by atoms with van der Waals surface area (Å²) in [7, 11) is 0. The fourth-order valence-electron chi connectivity index (χ4n) is 2.65. The van der Waals surface area contributed by atoms with Crippen LogP contribution in [0.4, 0.5) is 0 Å². The van der Waals surface area contributed by atoms with Gasteiger partial charge in [0.15, 0.2) is 0 Å². The summed E-state index contributed by atoms with van der Waals surface area (Å²) in [6.45, 7) is 0. The summed E-state index contributed by atoms with van der Waals surface area (Å²) in [5.41, 5.74) is 7.63. The average Bonchev–Trinajstić information content (AvgIpc) is 3.06. The molecule has 15 heavy (non-hydrogen) atoms. The molecule has 0 bridgehead atoms. The molecule has 2 aliphatic carbocycles. The van der Waals surface area contributed by atoms with Crippen molar-refractivity contribution in [2.45, 2.75) is 36.6 Å². The monoisotopic (exact) mass is 241 g/mol.